The van der Waals surface area contributed by atoms with Crippen LogP contribution in [0, 0.1) is 5.92 Å². The van der Waals surface area contributed by atoms with E-state index in [1.807, 2.05) is 12.1 Å². The van der Waals surface area contributed by atoms with Crippen LogP contribution < -0.4 is 10.5 Å². The van der Waals surface area contributed by atoms with E-state index in [2.05, 4.69) is 17.0 Å². The number of rotatable bonds is 4. The molecule has 0 aliphatic carbocycles. The molecule has 0 saturated carbocycles. The van der Waals surface area contributed by atoms with E-state index >= 15 is 0 Å². The minimum absolute atomic E-state index is 0.0956. The van der Waals surface area contributed by atoms with Gasteiger partial charge in [-0.1, -0.05) is 12.1 Å². The molecule has 2 atom stereocenters. The summed E-state index contributed by atoms with van der Waals surface area (Å²) in [5.74, 6) is 1.09. The van der Waals surface area contributed by atoms with Crippen LogP contribution in [0.2, 0.25) is 0 Å². The molecule has 0 bridgehead atoms. The van der Waals surface area contributed by atoms with Gasteiger partial charge in [-0.2, -0.15) is 0 Å². The fraction of sp³-hybridized carbons (Fsp3) is 0.538. The van der Waals surface area contributed by atoms with Crippen molar-refractivity contribution in [2.45, 2.75) is 12.6 Å². The highest BCUT2D eigenvalue weighted by Gasteiger charge is 2.29. The lowest BCUT2D eigenvalue weighted by atomic mass is 10.1. The summed E-state index contributed by atoms with van der Waals surface area (Å²) in [6.07, 6.45) is 0. The van der Waals surface area contributed by atoms with Crippen molar-refractivity contribution in [3.8, 4) is 5.75 Å². The Bertz CT molecular complexity index is 353. The van der Waals surface area contributed by atoms with Crippen LogP contribution >= 0.6 is 0 Å². The molecule has 1 fully saturated rings. The minimum Gasteiger partial charge on any atom is -0.497 e. The van der Waals surface area contributed by atoms with Crippen molar-refractivity contribution in [1.29, 1.82) is 0 Å². The molecule has 0 amide bonds. The Hall–Kier alpha value is -1.10. The van der Waals surface area contributed by atoms with Crippen LogP contribution in [0.15, 0.2) is 24.3 Å². The van der Waals surface area contributed by atoms with Gasteiger partial charge in [0.25, 0.3) is 0 Å². The molecule has 4 nitrogen and oxygen atoms in total. The van der Waals surface area contributed by atoms with Gasteiger partial charge in [0, 0.05) is 38.2 Å². The monoisotopic (exact) mass is 236 g/mol. The predicted octanol–water partition coefficient (Wildman–Crippen LogP) is 0.447. The van der Waals surface area contributed by atoms with E-state index in [0.29, 0.717) is 0 Å². The molecule has 3 N–H and O–H groups in total. The first-order valence-electron chi connectivity index (χ1n) is 5.94. The van der Waals surface area contributed by atoms with Crippen LogP contribution in [0.3, 0.4) is 0 Å². The van der Waals surface area contributed by atoms with Gasteiger partial charge in [0.1, 0.15) is 5.75 Å². The Labute approximate surface area is 102 Å². The van der Waals surface area contributed by atoms with Crippen LogP contribution in [0.25, 0.3) is 0 Å². The summed E-state index contributed by atoms with van der Waals surface area (Å²) in [5.41, 5.74) is 7.20. The van der Waals surface area contributed by atoms with Crippen LogP contribution in [0.1, 0.15) is 5.56 Å². The number of aliphatic hydroxyl groups excluding tert-OH is 1. The summed E-state index contributed by atoms with van der Waals surface area (Å²) >= 11 is 0. The Morgan fingerprint density at radius 1 is 1.35 bits per heavy atom. The molecule has 0 aromatic heterocycles. The highest BCUT2D eigenvalue weighted by atomic mass is 16.5. The van der Waals surface area contributed by atoms with E-state index in [1.165, 1.54) is 5.56 Å². The summed E-state index contributed by atoms with van der Waals surface area (Å²) in [6.45, 7) is 2.80. The van der Waals surface area contributed by atoms with Crippen molar-refractivity contribution in [2.75, 3.05) is 26.8 Å². The summed E-state index contributed by atoms with van der Waals surface area (Å²) in [7, 11) is 1.67. The summed E-state index contributed by atoms with van der Waals surface area (Å²) < 4.78 is 5.12. The van der Waals surface area contributed by atoms with Crippen molar-refractivity contribution in [3.63, 3.8) is 0 Å². The van der Waals surface area contributed by atoms with Gasteiger partial charge in [-0.15, -0.1) is 0 Å². The largest absolute Gasteiger partial charge is 0.497 e. The average Bonchev–Trinajstić information content (AvgIpc) is 2.70. The smallest absolute Gasteiger partial charge is 0.118 e. The van der Waals surface area contributed by atoms with Crippen LogP contribution in [0.5, 0.6) is 5.75 Å². The molecule has 1 heterocycles. The van der Waals surface area contributed by atoms with Crippen LogP contribution in [-0.2, 0) is 6.54 Å². The van der Waals surface area contributed by atoms with Gasteiger partial charge in [-0.05, 0) is 17.7 Å². The van der Waals surface area contributed by atoms with Crippen LogP contribution in [0.4, 0.5) is 0 Å². The number of ether oxygens (including phenoxy) is 1. The molecule has 0 radical (unpaired) electrons. The average molecular weight is 236 g/mol. The third-order valence-electron chi connectivity index (χ3n) is 3.37. The molecule has 1 aromatic rings. The third kappa shape index (κ3) is 2.97. The third-order valence-corrected chi connectivity index (χ3v) is 3.37. The first-order valence-corrected chi connectivity index (χ1v) is 5.94. The van der Waals surface area contributed by atoms with E-state index in [4.69, 9.17) is 15.6 Å². The molecule has 1 saturated heterocycles. The van der Waals surface area contributed by atoms with Gasteiger partial charge >= 0.3 is 0 Å². The number of nitrogens with zero attached hydrogens (tertiary/aromatic N) is 1. The van der Waals surface area contributed by atoms with Crippen LogP contribution in [-0.4, -0.2) is 42.9 Å². The number of methoxy groups -OCH3 is 1. The molecule has 94 valence electrons. The van der Waals surface area contributed by atoms with Gasteiger partial charge < -0.3 is 15.6 Å². The maximum absolute atomic E-state index is 9.17. The molecule has 4 heteroatoms. The van der Waals surface area contributed by atoms with Gasteiger partial charge in [0.2, 0.25) is 0 Å². The second-order valence-electron chi connectivity index (χ2n) is 4.65. The maximum Gasteiger partial charge on any atom is 0.118 e. The summed E-state index contributed by atoms with van der Waals surface area (Å²) in [5, 5.41) is 9.17. The zero-order valence-corrected chi connectivity index (χ0v) is 10.2. The Kier molecular flexibility index (Phi) is 3.99. The minimum atomic E-state index is 0.0956. The quantitative estimate of drug-likeness (QED) is 0.797. The number of hydrogen-bond donors (Lipinski definition) is 2. The Morgan fingerprint density at radius 3 is 2.59 bits per heavy atom. The maximum atomic E-state index is 9.17. The lowest BCUT2D eigenvalue weighted by molar-refractivity contribution is 0.214. The molecule has 2 rings (SSSR count). The van der Waals surface area contributed by atoms with Crippen molar-refractivity contribution >= 4 is 0 Å². The Balaban J connectivity index is 1.93. The fourth-order valence-electron chi connectivity index (χ4n) is 2.30. The highest BCUT2D eigenvalue weighted by molar-refractivity contribution is 5.27. The highest BCUT2D eigenvalue weighted by Crippen LogP contribution is 2.19. The first kappa shape index (κ1) is 12.4. The van der Waals surface area contributed by atoms with Crippen molar-refractivity contribution in [3.05, 3.63) is 29.8 Å². The molecule has 1 aromatic carbocycles. The van der Waals surface area contributed by atoms with Crippen molar-refractivity contribution in [1.82, 2.24) is 4.90 Å². The topological polar surface area (TPSA) is 58.7 Å². The molecule has 17 heavy (non-hydrogen) atoms. The molecular weight excluding hydrogens is 216 g/mol. The fourth-order valence-corrected chi connectivity index (χ4v) is 2.30. The molecule has 1 aliphatic rings. The normalized spacial score (nSPS) is 25.1. The zero-order valence-electron chi connectivity index (χ0n) is 10.2. The Morgan fingerprint density at radius 2 is 2.06 bits per heavy atom. The van der Waals surface area contributed by atoms with Crippen molar-refractivity contribution < 1.29 is 9.84 Å². The lowest BCUT2D eigenvalue weighted by Crippen LogP contribution is -2.31. The number of aliphatic hydroxyl groups is 1. The molecule has 0 spiro atoms. The SMILES string of the molecule is COc1ccc(CN2CC(N)C(CO)C2)cc1. The second kappa shape index (κ2) is 5.49. The molecule has 2 unspecified atom stereocenters. The number of benzene rings is 1. The lowest BCUT2D eigenvalue weighted by Gasteiger charge is -2.15. The van der Waals surface area contributed by atoms with E-state index in [9.17, 15) is 0 Å². The van der Waals surface area contributed by atoms with Gasteiger partial charge in [0.05, 0.1) is 7.11 Å². The summed E-state index contributed by atoms with van der Waals surface area (Å²) in [4.78, 5) is 2.29. The van der Waals surface area contributed by atoms with E-state index < -0.39 is 0 Å². The van der Waals surface area contributed by atoms with Gasteiger partial charge in [-0.25, -0.2) is 0 Å². The van der Waals surface area contributed by atoms with Gasteiger partial charge in [0.15, 0.2) is 0 Å². The summed E-state index contributed by atoms with van der Waals surface area (Å²) in [6, 6.07) is 8.16. The van der Waals surface area contributed by atoms with Gasteiger partial charge in [-0.3, -0.25) is 4.90 Å². The molecular formula is C13H20N2O2. The van der Waals surface area contributed by atoms with E-state index in [1.54, 1.807) is 7.11 Å². The zero-order chi connectivity index (χ0) is 12.3. The predicted molar refractivity (Wildman–Crippen MR) is 66.8 cm³/mol. The number of hydrogen-bond acceptors (Lipinski definition) is 4. The molecule has 1 aliphatic heterocycles. The first-order chi connectivity index (χ1) is 8.22. The van der Waals surface area contributed by atoms with E-state index in [-0.39, 0.29) is 18.6 Å². The van der Waals surface area contributed by atoms with E-state index in [0.717, 1.165) is 25.4 Å². The number of likely N-dealkylation sites (tertiary alicyclic amines) is 1. The number of nitrogens with two attached hydrogens (primary N) is 1. The van der Waals surface area contributed by atoms with Crippen molar-refractivity contribution in [2.24, 2.45) is 11.7 Å². The second-order valence-corrected chi connectivity index (χ2v) is 4.65. The standard InChI is InChI=1S/C13H20N2O2/c1-17-12-4-2-10(3-5-12)6-15-7-11(9-16)13(14)8-15/h2-5,11,13,16H,6-9,14H2,1H3.